The van der Waals surface area contributed by atoms with Crippen LogP contribution in [0.1, 0.15) is 19.3 Å². The zero-order chi connectivity index (χ0) is 16.4. The number of guanidine groups is 2. The van der Waals surface area contributed by atoms with Crippen molar-refractivity contribution in [3.63, 3.8) is 0 Å². The largest absolute Gasteiger partial charge is 0.389 e. The number of carbonyl (C=O) groups is 2. The minimum Gasteiger partial charge on any atom is -0.389 e. The monoisotopic (exact) mass is 321 g/mol. The molecule has 10 heteroatoms. The Hall–Kier alpha value is -2.36. The fourth-order valence-electron chi connectivity index (χ4n) is 4.05. The first-order valence-electron chi connectivity index (χ1n) is 7.67. The van der Waals surface area contributed by atoms with Crippen LogP contribution in [0.4, 0.5) is 0 Å². The predicted octanol–water partition coefficient (Wildman–Crippen LogP) is -3.12. The molecule has 4 aliphatic rings. The molecular weight excluding hydrogens is 302 g/mol. The molecule has 0 bridgehead atoms. The first-order valence-corrected chi connectivity index (χ1v) is 7.67. The van der Waals surface area contributed by atoms with Crippen molar-refractivity contribution in [2.75, 3.05) is 13.1 Å². The van der Waals surface area contributed by atoms with E-state index in [1.54, 1.807) is 4.90 Å². The number of nitrogens with zero attached hydrogens (tertiary/aromatic N) is 4. The summed E-state index contributed by atoms with van der Waals surface area (Å²) in [5.74, 6) is 0.0412. The lowest BCUT2D eigenvalue weighted by Crippen LogP contribution is -2.73. The highest BCUT2D eigenvalue weighted by Gasteiger charge is 2.62. The Kier molecular flexibility index (Phi) is 2.83. The summed E-state index contributed by atoms with van der Waals surface area (Å²) in [6.45, 7) is 0.640. The number of rotatable bonds is 2. The molecule has 0 aliphatic carbocycles. The number of likely N-dealkylation sites (tertiary alicyclic amines) is 1. The zero-order valence-corrected chi connectivity index (χ0v) is 12.5. The number of hydrogen-bond acceptors (Lipinski definition) is 9. The summed E-state index contributed by atoms with van der Waals surface area (Å²) in [5.41, 5.74) is 11.0. The first-order chi connectivity index (χ1) is 10.9. The maximum Gasteiger partial charge on any atom is 0.229 e. The molecule has 1 spiro atoms. The van der Waals surface area contributed by atoms with E-state index in [1.165, 1.54) is 4.90 Å². The highest BCUT2D eigenvalue weighted by atomic mass is 16.3. The van der Waals surface area contributed by atoms with Gasteiger partial charge in [-0.2, -0.15) is 0 Å². The van der Waals surface area contributed by atoms with Crippen molar-refractivity contribution in [3.8, 4) is 0 Å². The number of imide groups is 1. The number of amides is 2. The molecule has 4 rings (SSSR count). The molecule has 2 amide bonds. The van der Waals surface area contributed by atoms with Crippen molar-refractivity contribution >= 4 is 23.7 Å². The topological polar surface area (TPSA) is 150 Å². The molecule has 124 valence electrons. The molecule has 10 nitrogen and oxygen atoms in total. The second kappa shape index (κ2) is 4.57. The quantitative estimate of drug-likeness (QED) is 0.393. The normalized spacial score (nSPS) is 39.1. The van der Waals surface area contributed by atoms with Crippen molar-refractivity contribution in [1.29, 1.82) is 0 Å². The van der Waals surface area contributed by atoms with Gasteiger partial charge in [-0.15, -0.1) is 0 Å². The maximum atomic E-state index is 11.9. The van der Waals surface area contributed by atoms with Crippen molar-refractivity contribution in [1.82, 2.24) is 15.1 Å². The third kappa shape index (κ3) is 1.78. The Labute approximate surface area is 132 Å². The Balaban J connectivity index is 1.70. The van der Waals surface area contributed by atoms with Crippen LogP contribution in [0.5, 0.6) is 0 Å². The standard InChI is InChI=1S/C13H19N7O3/c14-11-17-10-6(5-19-8(22)1-2-9(19)23)16-12(15)20-4-3-7(21)13(10,20)18-11/h6-7,10,21H,1-5H2,(H2,15,16)(H3,14,17,18)/t6-,7?,10?,13?/m0/s1. The molecule has 4 atom stereocenters. The van der Waals surface area contributed by atoms with E-state index in [-0.39, 0.29) is 43.1 Å². The summed E-state index contributed by atoms with van der Waals surface area (Å²) in [5, 5.41) is 13.6. The van der Waals surface area contributed by atoms with Gasteiger partial charge in [0, 0.05) is 19.4 Å². The molecule has 2 saturated heterocycles. The van der Waals surface area contributed by atoms with Crippen molar-refractivity contribution in [3.05, 3.63) is 0 Å². The lowest BCUT2D eigenvalue weighted by molar-refractivity contribution is -0.138. The minimum absolute atomic E-state index is 0.101. The van der Waals surface area contributed by atoms with Gasteiger partial charge in [-0.25, -0.2) is 9.98 Å². The third-order valence-electron chi connectivity index (χ3n) is 5.10. The predicted molar refractivity (Wildman–Crippen MR) is 80.0 cm³/mol. The summed E-state index contributed by atoms with van der Waals surface area (Å²) >= 11 is 0. The van der Waals surface area contributed by atoms with E-state index in [1.807, 2.05) is 0 Å². The van der Waals surface area contributed by atoms with E-state index in [4.69, 9.17) is 11.5 Å². The molecule has 6 N–H and O–H groups in total. The molecule has 0 aromatic heterocycles. The molecule has 3 unspecified atom stereocenters. The van der Waals surface area contributed by atoms with Crippen LogP contribution < -0.4 is 16.8 Å². The highest BCUT2D eigenvalue weighted by molar-refractivity contribution is 6.02. The van der Waals surface area contributed by atoms with Crippen molar-refractivity contribution < 1.29 is 14.7 Å². The van der Waals surface area contributed by atoms with Crippen LogP contribution in [0, 0.1) is 0 Å². The van der Waals surface area contributed by atoms with Gasteiger partial charge in [-0.3, -0.25) is 14.5 Å². The summed E-state index contributed by atoms with van der Waals surface area (Å²) in [7, 11) is 0. The number of aliphatic imine (C=N–C) groups is 2. The maximum absolute atomic E-state index is 11.9. The third-order valence-corrected chi connectivity index (χ3v) is 5.10. The van der Waals surface area contributed by atoms with E-state index in [9.17, 15) is 14.7 Å². The van der Waals surface area contributed by atoms with Gasteiger partial charge in [0.05, 0.1) is 18.7 Å². The van der Waals surface area contributed by atoms with Gasteiger partial charge in [0.15, 0.2) is 17.6 Å². The molecule has 0 radical (unpaired) electrons. The average molecular weight is 321 g/mol. The Morgan fingerprint density at radius 2 is 1.96 bits per heavy atom. The van der Waals surface area contributed by atoms with Crippen LogP contribution >= 0.6 is 0 Å². The fourth-order valence-corrected chi connectivity index (χ4v) is 4.05. The van der Waals surface area contributed by atoms with Crippen LogP contribution in [-0.2, 0) is 9.59 Å². The molecule has 4 aliphatic heterocycles. The smallest absolute Gasteiger partial charge is 0.229 e. The Morgan fingerprint density at radius 3 is 2.65 bits per heavy atom. The molecule has 23 heavy (non-hydrogen) atoms. The molecule has 4 heterocycles. The van der Waals surface area contributed by atoms with Gasteiger partial charge in [0.25, 0.3) is 0 Å². The average Bonchev–Trinajstić information content (AvgIpc) is 3.12. The second-order valence-corrected chi connectivity index (χ2v) is 6.32. The van der Waals surface area contributed by atoms with Crippen LogP contribution in [0.2, 0.25) is 0 Å². The number of hydrogen-bond donors (Lipinski definition) is 4. The number of aliphatic hydroxyl groups is 1. The van der Waals surface area contributed by atoms with Crippen LogP contribution in [0.25, 0.3) is 0 Å². The lowest BCUT2D eigenvalue weighted by atomic mass is 9.88. The van der Waals surface area contributed by atoms with Gasteiger partial charge >= 0.3 is 0 Å². The number of carbonyl (C=O) groups excluding carboxylic acids is 2. The van der Waals surface area contributed by atoms with Crippen LogP contribution in [0.15, 0.2) is 9.98 Å². The number of nitrogens with two attached hydrogens (primary N) is 2. The number of nitrogens with one attached hydrogen (secondary N) is 1. The van der Waals surface area contributed by atoms with Gasteiger partial charge < -0.3 is 26.8 Å². The lowest BCUT2D eigenvalue weighted by Gasteiger charge is -2.46. The molecule has 2 fully saturated rings. The van der Waals surface area contributed by atoms with Crippen molar-refractivity contribution in [2.24, 2.45) is 21.5 Å². The number of aliphatic hydroxyl groups excluding tert-OH is 1. The van der Waals surface area contributed by atoms with E-state index in [2.05, 4.69) is 15.3 Å². The SMILES string of the molecule is NC1=NC2[C@H](CN3C(=O)CCC3=O)N=C(N)N3CCC(O)C23N1. The zero-order valence-electron chi connectivity index (χ0n) is 12.5. The van der Waals surface area contributed by atoms with Crippen molar-refractivity contribution in [2.45, 2.75) is 43.1 Å². The summed E-state index contributed by atoms with van der Waals surface area (Å²) in [6.07, 6.45) is 0.230. The van der Waals surface area contributed by atoms with E-state index >= 15 is 0 Å². The Morgan fingerprint density at radius 1 is 1.26 bits per heavy atom. The minimum atomic E-state index is -0.938. The molecule has 0 saturated carbocycles. The molecule has 0 aromatic carbocycles. The Bertz CT molecular complexity index is 631. The summed E-state index contributed by atoms with van der Waals surface area (Å²) in [6, 6.07) is -1.04. The first kappa shape index (κ1) is 14.2. The fraction of sp³-hybridized carbons (Fsp3) is 0.692. The molecule has 0 aromatic rings. The van der Waals surface area contributed by atoms with Crippen LogP contribution in [-0.4, -0.2) is 75.6 Å². The molecular formula is C13H19N7O3. The van der Waals surface area contributed by atoms with Gasteiger partial charge in [-0.05, 0) is 6.42 Å². The van der Waals surface area contributed by atoms with E-state index < -0.39 is 23.9 Å². The van der Waals surface area contributed by atoms with E-state index in [0.717, 1.165) is 0 Å². The summed E-state index contributed by atoms with van der Waals surface area (Å²) < 4.78 is 0. The van der Waals surface area contributed by atoms with Gasteiger partial charge in [0.2, 0.25) is 11.8 Å². The van der Waals surface area contributed by atoms with E-state index in [0.29, 0.717) is 13.0 Å². The van der Waals surface area contributed by atoms with Gasteiger partial charge in [-0.1, -0.05) is 0 Å². The highest BCUT2D eigenvalue weighted by Crippen LogP contribution is 2.39. The van der Waals surface area contributed by atoms with Gasteiger partial charge in [0.1, 0.15) is 6.04 Å². The van der Waals surface area contributed by atoms with Crippen LogP contribution in [0.3, 0.4) is 0 Å². The summed E-state index contributed by atoms with van der Waals surface area (Å²) in [4.78, 5) is 35.5. The second-order valence-electron chi connectivity index (χ2n) is 6.32.